The van der Waals surface area contributed by atoms with Crippen molar-refractivity contribution in [3.05, 3.63) is 54.0 Å². The maximum atomic E-state index is 12.8. The van der Waals surface area contributed by atoms with Crippen molar-refractivity contribution in [1.82, 2.24) is 4.90 Å². The zero-order chi connectivity index (χ0) is 16.9. The van der Waals surface area contributed by atoms with Gasteiger partial charge in [-0.15, -0.1) is 12.4 Å². The highest BCUT2D eigenvalue weighted by molar-refractivity contribution is 5.93. The highest BCUT2D eigenvalue weighted by Gasteiger charge is 2.29. The lowest BCUT2D eigenvalue weighted by Gasteiger charge is -2.34. The summed E-state index contributed by atoms with van der Waals surface area (Å²) < 4.78 is 11.2. The van der Waals surface area contributed by atoms with Crippen LogP contribution < -0.4 is 10.5 Å². The van der Waals surface area contributed by atoms with Gasteiger partial charge in [0.05, 0.1) is 6.26 Å². The highest BCUT2D eigenvalue weighted by Crippen LogP contribution is 2.23. The van der Waals surface area contributed by atoms with Gasteiger partial charge in [0.2, 0.25) is 0 Å². The van der Waals surface area contributed by atoms with E-state index in [0.29, 0.717) is 24.8 Å². The molecule has 2 heterocycles. The quantitative estimate of drug-likeness (QED) is 0.881. The molecule has 1 amide bonds. The van der Waals surface area contributed by atoms with Gasteiger partial charge >= 0.3 is 0 Å². The van der Waals surface area contributed by atoms with Crippen molar-refractivity contribution in [1.29, 1.82) is 0 Å². The first-order chi connectivity index (χ1) is 11.6. The zero-order valence-electron chi connectivity index (χ0n) is 14.4. The molecule has 1 aliphatic rings. The Labute approximate surface area is 154 Å². The topological polar surface area (TPSA) is 68.7 Å². The van der Waals surface area contributed by atoms with E-state index in [2.05, 4.69) is 0 Å². The number of amides is 1. The summed E-state index contributed by atoms with van der Waals surface area (Å²) in [5, 5.41) is 0. The molecule has 5 nitrogen and oxygen atoms in total. The lowest BCUT2D eigenvalue weighted by molar-refractivity contribution is 0.0625. The zero-order valence-corrected chi connectivity index (χ0v) is 15.2. The van der Waals surface area contributed by atoms with Crippen molar-refractivity contribution in [3.8, 4) is 5.75 Å². The van der Waals surface area contributed by atoms with Crippen LogP contribution in [0.1, 0.15) is 35.9 Å². The number of rotatable bonds is 5. The molecule has 1 saturated heterocycles. The van der Waals surface area contributed by atoms with Crippen LogP contribution in [0.2, 0.25) is 0 Å². The number of carbonyl (C=O) groups excluding carboxylic acids is 1. The first-order valence-electron chi connectivity index (χ1n) is 8.44. The standard InChI is InChI=1S/C19H24N2O3.ClH/c1-14(20)15-6-5-10-21(12-15)19(22)18-16(9-11-23-18)13-24-17-7-3-2-4-8-17;/h2-4,7-9,11,14-15H,5-6,10,12-13,20H2,1H3;1H. The van der Waals surface area contributed by atoms with E-state index >= 15 is 0 Å². The Hall–Kier alpha value is -1.98. The van der Waals surface area contributed by atoms with Gasteiger partial charge < -0.3 is 19.8 Å². The van der Waals surface area contributed by atoms with Gasteiger partial charge in [0.15, 0.2) is 5.76 Å². The van der Waals surface area contributed by atoms with Gasteiger partial charge in [-0.2, -0.15) is 0 Å². The van der Waals surface area contributed by atoms with E-state index in [-0.39, 0.29) is 24.4 Å². The number of halogens is 1. The number of benzene rings is 1. The van der Waals surface area contributed by atoms with E-state index in [1.807, 2.05) is 42.2 Å². The smallest absolute Gasteiger partial charge is 0.289 e. The number of piperidine rings is 1. The second kappa shape index (κ2) is 8.92. The van der Waals surface area contributed by atoms with Gasteiger partial charge in [-0.25, -0.2) is 0 Å². The van der Waals surface area contributed by atoms with Gasteiger partial charge in [-0.3, -0.25) is 4.79 Å². The second-order valence-corrected chi connectivity index (χ2v) is 6.39. The average Bonchev–Trinajstić information content (AvgIpc) is 3.09. The normalized spacial score (nSPS) is 18.3. The summed E-state index contributed by atoms with van der Waals surface area (Å²) in [6.07, 6.45) is 3.60. The van der Waals surface area contributed by atoms with Crippen LogP contribution in [-0.2, 0) is 6.61 Å². The van der Waals surface area contributed by atoms with Gasteiger partial charge in [0.25, 0.3) is 5.91 Å². The Balaban J connectivity index is 0.00000225. The molecule has 2 aromatic rings. The third-order valence-electron chi connectivity index (χ3n) is 4.57. The molecule has 2 atom stereocenters. The number of carbonyl (C=O) groups is 1. The highest BCUT2D eigenvalue weighted by atomic mass is 35.5. The molecular weight excluding hydrogens is 340 g/mol. The molecule has 0 spiro atoms. The molecule has 1 aromatic carbocycles. The molecular formula is C19H25ClN2O3. The lowest BCUT2D eigenvalue weighted by Crippen LogP contribution is -2.45. The SMILES string of the molecule is CC(N)C1CCCN(C(=O)c2occc2COc2ccccc2)C1.Cl. The Morgan fingerprint density at radius 3 is 2.84 bits per heavy atom. The molecule has 0 aliphatic carbocycles. The average molecular weight is 365 g/mol. The van der Waals surface area contributed by atoms with Gasteiger partial charge in [0.1, 0.15) is 12.4 Å². The monoisotopic (exact) mass is 364 g/mol. The molecule has 1 fully saturated rings. The van der Waals surface area contributed by atoms with Crippen LogP contribution in [0.5, 0.6) is 5.75 Å². The van der Waals surface area contributed by atoms with Crippen molar-refractivity contribution in [2.24, 2.45) is 11.7 Å². The minimum Gasteiger partial charge on any atom is -0.489 e. The van der Waals surface area contributed by atoms with Crippen LogP contribution in [0, 0.1) is 5.92 Å². The maximum Gasteiger partial charge on any atom is 0.289 e. The number of hydrogen-bond donors (Lipinski definition) is 1. The molecule has 6 heteroatoms. The van der Waals surface area contributed by atoms with Crippen LogP contribution in [0.3, 0.4) is 0 Å². The van der Waals surface area contributed by atoms with Crippen LogP contribution in [0.4, 0.5) is 0 Å². The van der Waals surface area contributed by atoms with E-state index in [1.165, 1.54) is 0 Å². The number of nitrogens with two attached hydrogens (primary N) is 1. The van der Waals surface area contributed by atoms with Crippen molar-refractivity contribution in [2.75, 3.05) is 13.1 Å². The largest absolute Gasteiger partial charge is 0.489 e. The number of likely N-dealkylation sites (tertiary alicyclic amines) is 1. The summed E-state index contributed by atoms with van der Waals surface area (Å²) >= 11 is 0. The number of para-hydroxylation sites is 1. The van der Waals surface area contributed by atoms with Gasteiger partial charge in [-0.1, -0.05) is 18.2 Å². The van der Waals surface area contributed by atoms with Crippen LogP contribution >= 0.6 is 12.4 Å². The Morgan fingerprint density at radius 2 is 2.12 bits per heavy atom. The molecule has 25 heavy (non-hydrogen) atoms. The van der Waals surface area contributed by atoms with Crippen molar-refractivity contribution < 1.29 is 13.9 Å². The summed E-state index contributed by atoms with van der Waals surface area (Å²) in [5.74, 6) is 1.42. The first-order valence-corrected chi connectivity index (χ1v) is 8.44. The Kier molecular flexibility index (Phi) is 6.91. The predicted octanol–water partition coefficient (Wildman–Crippen LogP) is 3.48. The van der Waals surface area contributed by atoms with E-state index in [0.717, 1.165) is 30.7 Å². The molecule has 1 aromatic heterocycles. The van der Waals surface area contributed by atoms with Crippen LogP contribution in [0.15, 0.2) is 47.1 Å². The fourth-order valence-electron chi connectivity index (χ4n) is 3.08. The van der Waals surface area contributed by atoms with E-state index < -0.39 is 0 Å². The molecule has 1 aliphatic heterocycles. The first kappa shape index (κ1) is 19.3. The summed E-state index contributed by atoms with van der Waals surface area (Å²) in [5.41, 5.74) is 6.78. The summed E-state index contributed by atoms with van der Waals surface area (Å²) in [4.78, 5) is 14.6. The lowest BCUT2D eigenvalue weighted by atomic mass is 9.92. The fourth-order valence-corrected chi connectivity index (χ4v) is 3.08. The number of nitrogens with zero attached hydrogens (tertiary/aromatic N) is 1. The second-order valence-electron chi connectivity index (χ2n) is 6.39. The van der Waals surface area contributed by atoms with E-state index in [4.69, 9.17) is 14.9 Å². The van der Waals surface area contributed by atoms with E-state index in [9.17, 15) is 4.79 Å². The van der Waals surface area contributed by atoms with Gasteiger partial charge in [-0.05, 0) is 43.9 Å². The molecule has 136 valence electrons. The summed E-state index contributed by atoms with van der Waals surface area (Å²) in [7, 11) is 0. The Bertz CT molecular complexity index is 672. The molecule has 0 saturated carbocycles. The summed E-state index contributed by atoms with van der Waals surface area (Å²) in [6, 6.07) is 11.4. The predicted molar refractivity (Wildman–Crippen MR) is 99.0 cm³/mol. The minimum absolute atomic E-state index is 0. The van der Waals surface area contributed by atoms with Crippen molar-refractivity contribution >= 4 is 18.3 Å². The molecule has 2 unspecified atom stereocenters. The van der Waals surface area contributed by atoms with Crippen LogP contribution in [0.25, 0.3) is 0 Å². The molecule has 3 rings (SSSR count). The van der Waals surface area contributed by atoms with E-state index in [1.54, 1.807) is 12.3 Å². The third kappa shape index (κ3) is 4.77. The van der Waals surface area contributed by atoms with Crippen molar-refractivity contribution in [3.63, 3.8) is 0 Å². The van der Waals surface area contributed by atoms with Crippen molar-refractivity contribution in [2.45, 2.75) is 32.4 Å². The third-order valence-corrected chi connectivity index (χ3v) is 4.57. The fraction of sp³-hybridized carbons (Fsp3) is 0.421. The molecule has 0 bridgehead atoms. The number of ether oxygens (including phenoxy) is 1. The molecule has 0 radical (unpaired) electrons. The number of hydrogen-bond acceptors (Lipinski definition) is 4. The number of furan rings is 1. The van der Waals surface area contributed by atoms with Crippen LogP contribution in [-0.4, -0.2) is 29.9 Å². The molecule has 2 N–H and O–H groups in total. The van der Waals surface area contributed by atoms with Gasteiger partial charge in [0, 0.05) is 24.7 Å². The minimum atomic E-state index is -0.0722. The Morgan fingerprint density at radius 1 is 1.36 bits per heavy atom. The maximum absolute atomic E-state index is 12.8. The summed E-state index contributed by atoms with van der Waals surface area (Å²) in [6.45, 7) is 3.76.